The van der Waals surface area contributed by atoms with Crippen molar-refractivity contribution in [2.75, 3.05) is 0 Å². The van der Waals surface area contributed by atoms with Gasteiger partial charge in [-0.2, -0.15) is 0 Å². The first-order valence-corrected chi connectivity index (χ1v) is 0. The molecule has 5 heteroatoms. The van der Waals surface area contributed by atoms with Gasteiger partial charge in [-0.15, -0.1) is 0 Å². The molecule has 5 heavy (non-hydrogen) atoms. The number of rotatable bonds is 0. The Kier molecular flexibility index (Phi) is 299. The zero-order chi connectivity index (χ0) is 0. The summed E-state index contributed by atoms with van der Waals surface area (Å²) in [6.07, 6.45) is 0. The zero-order valence-corrected chi connectivity index (χ0v) is 10.1. The van der Waals surface area contributed by atoms with E-state index in [1.54, 1.807) is 0 Å². The summed E-state index contributed by atoms with van der Waals surface area (Å²) in [6, 6.07) is 0. The van der Waals surface area contributed by atoms with E-state index in [-0.39, 0.29) is 99.0 Å². The van der Waals surface area contributed by atoms with Crippen LogP contribution in [0, 0.1) is 82.6 Å². The van der Waals surface area contributed by atoms with Crippen molar-refractivity contribution in [3.63, 3.8) is 0 Å². The van der Waals surface area contributed by atoms with Crippen molar-refractivity contribution in [3.8, 4) is 0 Å². The summed E-state index contributed by atoms with van der Waals surface area (Å²) in [5, 5.41) is 0. The SMILES string of the molecule is O.O.O.[Pr].[Pr]. The molecule has 0 aromatic carbocycles. The van der Waals surface area contributed by atoms with E-state index >= 15 is 0 Å². The fraction of sp³-hybridized carbons (Fsp3) is 0. The second-order valence-corrected chi connectivity index (χ2v) is 0. The van der Waals surface area contributed by atoms with E-state index in [0.29, 0.717) is 0 Å². The van der Waals surface area contributed by atoms with E-state index < -0.39 is 0 Å². The molecule has 0 heterocycles. The maximum absolute atomic E-state index is 0. The third-order valence-electron chi connectivity index (χ3n) is 0. The van der Waals surface area contributed by atoms with Gasteiger partial charge in [0.2, 0.25) is 0 Å². The molecule has 0 aromatic heterocycles. The molecule has 2 radical (unpaired) electrons. The fourth-order valence-electron chi connectivity index (χ4n) is 0. The molecule has 0 aliphatic carbocycles. The normalized spacial score (nSPS) is 0. The van der Waals surface area contributed by atoms with Crippen molar-refractivity contribution in [3.05, 3.63) is 0 Å². The Morgan fingerprint density at radius 1 is 0.400 bits per heavy atom. The van der Waals surface area contributed by atoms with Gasteiger partial charge < -0.3 is 16.4 Å². The van der Waals surface area contributed by atoms with Crippen molar-refractivity contribution in [2.45, 2.75) is 0 Å². The van der Waals surface area contributed by atoms with Crippen LogP contribution in [0.1, 0.15) is 0 Å². The van der Waals surface area contributed by atoms with Crippen LogP contribution in [0.15, 0.2) is 0 Å². The second kappa shape index (κ2) is 30.6. The van der Waals surface area contributed by atoms with Crippen LogP contribution in [0.2, 0.25) is 0 Å². The molecule has 0 saturated heterocycles. The van der Waals surface area contributed by atoms with Crippen LogP contribution in [0.3, 0.4) is 0 Å². The van der Waals surface area contributed by atoms with Gasteiger partial charge in [0.05, 0.1) is 0 Å². The van der Waals surface area contributed by atoms with Crippen LogP contribution >= 0.6 is 0 Å². The molecule has 0 aliphatic heterocycles. The van der Waals surface area contributed by atoms with Crippen LogP contribution in [-0.4, -0.2) is 16.4 Å². The molecule has 0 amide bonds. The zero-order valence-electron chi connectivity index (χ0n) is 2.65. The Hall–Kier alpha value is 2.61. The molecule has 0 saturated carbocycles. The van der Waals surface area contributed by atoms with Crippen molar-refractivity contribution in [1.29, 1.82) is 0 Å². The van der Waals surface area contributed by atoms with Crippen molar-refractivity contribution in [1.82, 2.24) is 0 Å². The maximum Gasteiger partial charge on any atom is 0 e. The molecule has 0 fully saturated rings. The topological polar surface area (TPSA) is 94.5 Å². The van der Waals surface area contributed by atoms with Gasteiger partial charge in [-0.05, 0) is 0 Å². The molecule has 0 spiro atoms. The Morgan fingerprint density at radius 2 is 0.400 bits per heavy atom. The summed E-state index contributed by atoms with van der Waals surface area (Å²) in [5.41, 5.74) is 0. The molecule has 30 valence electrons. The van der Waals surface area contributed by atoms with Crippen LogP contribution in [0.5, 0.6) is 0 Å². The smallest absolute Gasteiger partial charge is 0 e. The summed E-state index contributed by atoms with van der Waals surface area (Å²) in [7, 11) is 0. The first-order valence-electron chi connectivity index (χ1n) is 0. The molecule has 6 N–H and O–H groups in total. The van der Waals surface area contributed by atoms with Gasteiger partial charge in [0.1, 0.15) is 0 Å². The second-order valence-electron chi connectivity index (χ2n) is 0. The average Bonchev–Trinajstić information content (AvgIpc) is 0. The van der Waals surface area contributed by atoms with Gasteiger partial charge in [-0.1, -0.05) is 0 Å². The van der Waals surface area contributed by atoms with Crippen LogP contribution < -0.4 is 0 Å². The van der Waals surface area contributed by atoms with Crippen LogP contribution in [-0.2, 0) is 0 Å². The minimum absolute atomic E-state index is 0. The fourth-order valence-corrected chi connectivity index (χ4v) is 0. The van der Waals surface area contributed by atoms with Gasteiger partial charge in [0, 0.05) is 82.6 Å². The molecule has 3 nitrogen and oxygen atoms in total. The van der Waals surface area contributed by atoms with E-state index in [9.17, 15) is 0 Å². The minimum atomic E-state index is 0. The quantitative estimate of drug-likeness (QED) is 0.469. The largest absolute Gasteiger partial charge is 0.412 e. The van der Waals surface area contributed by atoms with Crippen molar-refractivity contribution in [2.24, 2.45) is 0 Å². The third kappa shape index (κ3) is 20.6. The van der Waals surface area contributed by atoms with Gasteiger partial charge in [-0.3, -0.25) is 0 Å². The summed E-state index contributed by atoms with van der Waals surface area (Å²) < 4.78 is 0. The first-order chi connectivity index (χ1) is 0. The van der Waals surface area contributed by atoms with Gasteiger partial charge in [0.25, 0.3) is 0 Å². The average molecular weight is 336 g/mol. The van der Waals surface area contributed by atoms with Gasteiger partial charge in [-0.25, -0.2) is 0 Å². The van der Waals surface area contributed by atoms with Crippen LogP contribution in [0.4, 0.5) is 0 Å². The van der Waals surface area contributed by atoms with E-state index in [2.05, 4.69) is 0 Å². The maximum atomic E-state index is 0. The monoisotopic (exact) mass is 336 g/mol. The van der Waals surface area contributed by atoms with Gasteiger partial charge >= 0.3 is 0 Å². The third-order valence-corrected chi connectivity index (χ3v) is 0. The van der Waals surface area contributed by atoms with Crippen LogP contribution in [0.25, 0.3) is 0 Å². The molecule has 0 unspecified atom stereocenters. The Morgan fingerprint density at radius 3 is 0.400 bits per heavy atom. The Bertz CT molecular complexity index is 4.85. The van der Waals surface area contributed by atoms with Crippen molar-refractivity contribution >= 4 is 0 Å². The standard InChI is InChI=1S/3H2O.2Pr/h3*1H2;;. The summed E-state index contributed by atoms with van der Waals surface area (Å²) in [5.74, 6) is 0. The summed E-state index contributed by atoms with van der Waals surface area (Å²) in [6.45, 7) is 0. The van der Waals surface area contributed by atoms with E-state index in [4.69, 9.17) is 0 Å². The van der Waals surface area contributed by atoms with E-state index in [1.807, 2.05) is 0 Å². The van der Waals surface area contributed by atoms with E-state index in [0.717, 1.165) is 0 Å². The van der Waals surface area contributed by atoms with Crippen molar-refractivity contribution < 1.29 is 99.0 Å². The molecular weight excluding hydrogens is 330 g/mol. The Labute approximate surface area is 96.7 Å². The molecule has 0 bridgehead atoms. The molecule has 0 atom stereocenters. The van der Waals surface area contributed by atoms with Gasteiger partial charge in [0.15, 0.2) is 0 Å². The summed E-state index contributed by atoms with van der Waals surface area (Å²) >= 11 is 0. The number of hydrogen-bond donors (Lipinski definition) is 0. The molecule has 0 aliphatic rings. The first kappa shape index (κ1) is 48.9. The summed E-state index contributed by atoms with van der Waals surface area (Å²) in [4.78, 5) is 0. The predicted molar refractivity (Wildman–Crippen MR) is 10.8 cm³/mol. The predicted octanol–water partition coefficient (Wildman–Crippen LogP) is -2.47. The molecule has 0 rings (SSSR count). The Balaban J connectivity index is 0. The van der Waals surface area contributed by atoms with E-state index in [1.165, 1.54) is 0 Å². The minimum Gasteiger partial charge on any atom is -0.412 e. The number of hydrogen-bond acceptors (Lipinski definition) is 0. The molecular formula is H6O3Pr2. The molecule has 0 aromatic rings.